The van der Waals surface area contributed by atoms with Gasteiger partial charge in [0.15, 0.2) is 6.29 Å². The molecule has 9 N–H and O–H groups in total. The maximum absolute atomic E-state index is 13.0. The van der Waals surface area contributed by atoms with Crippen LogP contribution in [0, 0.1) is 11.8 Å². The number of carbonyl (C=O) groups is 1. The molecule has 210 valence electrons. The fraction of sp³-hybridized carbons (Fsp3) is 0.773. The molecule has 3 aliphatic heterocycles. The second-order valence-corrected chi connectivity index (χ2v) is 9.32. The molecule has 15 heteroatoms. The van der Waals surface area contributed by atoms with Crippen molar-refractivity contribution >= 4 is 5.97 Å². The molecule has 4 rings (SSSR count). The normalized spacial score (nSPS) is 45.9. The van der Waals surface area contributed by atoms with Crippen molar-refractivity contribution in [3.63, 3.8) is 0 Å². The molecule has 13 atom stereocenters. The van der Waals surface area contributed by atoms with Crippen LogP contribution in [-0.2, 0) is 28.5 Å². The monoisotopic (exact) mass is 536 g/mol. The molecule has 13 unspecified atom stereocenters. The van der Waals surface area contributed by atoms with E-state index < -0.39 is 105 Å². The van der Waals surface area contributed by atoms with Crippen molar-refractivity contribution < 1.29 is 74.4 Å². The standard InChI is InChI=1S/C22H32O15/c23-3-7-1-2-8-9(19(32)36-21-17(30)15(28)13(26)10(4-24)34-21)6-33-20(12(7)8)37-22-18(31)16(29)14(27)11(5-25)35-22/h1,6,8,10-18,20-31H,2-5H2. The maximum atomic E-state index is 13.0. The Bertz CT molecular complexity index is 874. The molecule has 3 heterocycles. The number of hydrogen-bond donors (Lipinski definition) is 9. The number of hydrogen-bond acceptors (Lipinski definition) is 15. The largest absolute Gasteiger partial charge is 0.471 e. The molecular formula is C22H32O15. The first-order valence-corrected chi connectivity index (χ1v) is 11.8. The second-order valence-electron chi connectivity index (χ2n) is 9.32. The zero-order valence-corrected chi connectivity index (χ0v) is 19.5. The Kier molecular flexibility index (Phi) is 8.84. The van der Waals surface area contributed by atoms with E-state index in [4.69, 9.17) is 23.7 Å². The van der Waals surface area contributed by atoms with Gasteiger partial charge >= 0.3 is 5.97 Å². The summed E-state index contributed by atoms with van der Waals surface area (Å²) in [6.45, 7) is -1.80. The molecule has 0 aromatic heterocycles. The summed E-state index contributed by atoms with van der Waals surface area (Å²) in [4.78, 5) is 13.0. The van der Waals surface area contributed by atoms with E-state index in [-0.39, 0.29) is 12.0 Å². The van der Waals surface area contributed by atoms with Crippen molar-refractivity contribution in [1.29, 1.82) is 0 Å². The molecule has 2 fully saturated rings. The van der Waals surface area contributed by atoms with E-state index >= 15 is 0 Å². The number of esters is 1. The average Bonchev–Trinajstić information content (AvgIpc) is 3.34. The van der Waals surface area contributed by atoms with Gasteiger partial charge in [-0.15, -0.1) is 0 Å². The Balaban J connectivity index is 1.50. The van der Waals surface area contributed by atoms with E-state index in [0.29, 0.717) is 5.57 Å². The number of carbonyl (C=O) groups excluding carboxylic acids is 1. The predicted octanol–water partition coefficient (Wildman–Crippen LogP) is -5.06. The van der Waals surface area contributed by atoms with E-state index in [0.717, 1.165) is 6.26 Å². The minimum atomic E-state index is -1.81. The summed E-state index contributed by atoms with van der Waals surface area (Å²) < 4.78 is 27.1. The van der Waals surface area contributed by atoms with Crippen molar-refractivity contribution in [3.8, 4) is 0 Å². The smallest absolute Gasteiger partial charge is 0.339 e. The lowest BCUT2D eigenvalue weighted by Gasteiger charge is -2.43. The number of aliphatic hydroxyl groups excluding tert-OH is 9. The summed E-state index contributed by atoms with van der Waals surface area (Å²) in [5.41, 5.74) is 0.404. The molecule has 0 saturated carbocycles. The quantitative estimate of drug-likeness (QED) is 0.109. The van der Waals surface area contributed by atoms with Gasteiger partial charge in [-0.1, -0.05) is 6.08 Å². The Hall–Kier alpha value is -1.73. The molecule has 0 amide bonds. The SMILES string of the molecule is O=C(OC1OC(CO)C(O)C(O)C1O)C1=COC(OC2OC(CO)C(O)C(O)C2O)C2C(CO)=CCC12. The van der Waals surface area contributed by atoms with E-state index in [9.17, 15) is 50.8 Å². The summed E-state index contributed by atoms with van der Waals surface area (Å²) in [5.74, 6) is -2.44. The first-order chi connectivity index (χ1) is 17.6. The molecular weight excluding hydrogens is 504 g/mol. The molecule has 0 aromatic carbocycles. The minimum absolute atomic E-state index is 0.0321. The number of fused-ring (bicyclic) bond motifs is 1. The van der Waals surface area contributed by atoms with Crippen LogP contribution >= 0.6 is 0 Å². The van der Waals surface area contributed by atoms with Gasteiger partial charge < -0.3 is 69.6 Å². The first-order valence-electron chi connectivity index (χ1n) is 11.8. The van der Waals surface area contributed by atoms with E-state index in [2.05, 4.69) is 0 Å². The molecule has 15 nitrogen and oxygen atoms in total. The van der Waals surface area contributed by atoms with Crippen LogP contribution in [0.3, 0.4) is 0 Å². The Morgan fingerprint density at radius 3 is 1.95 bits per heavy atom. The highest BCUT2D eigenvalue weighted by atomic mass is 16.8. The van der Waals surface area contributed by atoms with Gasteiger partial charge in [0.1, 0.15) is 48.8 Å². The van der Waals surface area contributed by atoms with Crippen LogP contribution in [0.25, 0.3) is 0 Å². The van der Waals surface area contributed by atoms with Crippen molar-refractivity contribution in [2.45, 2.75) is 74.1 Å². The highest BCUT2D eigenvalue weighted by Gasteiger charge is 2.51. The molecule has 0 aromatic rings. The van der Waals surface area contributed by atoms with Crippen LogP contribution in [0.5, 0.6) is 0 Å². The van der Waals surface area contributed by atoms with Crippen LogP contribution < -0.4 is 0 Å². The molecule has 0 spiro atoms. The van der Waals surface area contributed by atoms with Gasteiger partial charge in [0.2, 0.25) is 12.6 Å². The Morgan fingerprint density at radius 2 is 1.38 bits per heavy atom. The third-order valence-corrected chi connectivity index (χ3v) is 7.12. The van der Waals surface area contributed by atoms with Gasteiger partial charge in [0, 0.05) is 5.92 Å². The summed E-state index contributed by atoms with van der Waals surface area (Å²) >= 11 is 0. The van der Waals surface area contributed by atoms with Crippen LogP contribution in [0.4, 0.5) is 0 Å². The lowest BCUT2D eigenvalue weighted by Crippen LogP contribution is -2.60. The summed E-state index contributed by atoms with van der Waals surface area (Å²) in [5, 5.41) is 88.9. The van der Waals surface area contributed by atoms with Crippen LogP contribution in [0.1, 0.15) is 6.42 Å². The fourth-order valence-electron chi connectivity index (χ4n) is 4.95. The van der Waals surface area contributed by atoms with Crippen LogP contribution in [0.2, 0.25) is 0 Å². The van der Waals surface area contributed by atoms with Crippen LogP contribution in [-0.4, -0.2) is 139 Å². The maximum Gasteiger partial charge on any atom is 0.339 e. The predicted molar refractivity (Wildman–Crippen MR) is 114 cm³/mol. The number of ether oxygens (including phenoxy) is 5. The molecule has 2 saturated heterocycles. The molecule has 37 heavy (non-hydrogen) atoms. The van der Waals surface area contributed by atoms with Crippen molar-refractivity contribution in [2.75, 3.05) is 19.8 Å². The Morgan fingerprint density at radius 1 is 0.811 bits per heavy atom. The topological polar surface area (TPSA) is 245 Å². The second kappa shape index (κ2) is 11.6. The van der Waals surface area contributed by atoms with Gasteiger partial charge in [-0.3, -0.25) is 0 Å². The lowest BCUT2D eigenvalue weighted by atomic mass is 9.83. The van der Waals surface area contributed by atoms with Gasteiger partial charge in [0.25, 0.3) is 0 Å². The number of allylic oxidation sites excluding steroid dienone is 1. The average molecular weight is 536 g/mol. The number of rotatable bonds is 7. The lowest BCUT2D eigenvalue weighted by molar-refractivity contribution is -0.339. The van der Waals surface area contributed by atoms with E-state index in [1.807, 2.05) is 0 Å². The molecule has 0 radical (unpaired) electrons. The Labute approximate surface area is 210 Å². The van der Waals surface area contributed by atoms with Gasteiger partial charge in [-0.2, -0.15) is 0 Å². The first kappa shape index (κ1) is 28.3. The van der Waals surface area contributed by atoms with Crippen molar-refractivity contribution in [2.24, 2.45) is 11.8 Å². The van der Waals surface area contributed by atoms with Gasteiger partial charge in [-0.25, -0.2) is 4.79 Å². The van der Waals surface area contributed by atoms with Gasteiger partial charge in [-0.05, 0) is 12.0 Å². The molecule has 4 aliphatic rings. The zero-order valence-electron chi connectivity index (χ0n) is 19.5. The highest BCUT2D eigenvalue weighted by Crippen LogP contribution is 2.44. The zero-order chi connectivity index (χ0) is 27.0. The summed E-state index contributed by atoms with van der Waals surface area (Å²) in [6, 6.07) is 0. The van der Waals surface area contributed by atoms with E-state index in [1.165, 1.54) is 0 Å². The van der Waals surface area contributed by atoms with Crippen molar-refractivity contribution in [1.82, 2.24) is 0 Å². The van der Waals surface area contributed by atoms with E-state index in [1.54, 1.807) is 6.08 Å². The molecule has 0 bridgehead atoms. The third-order valence-electron chi connectivity index (χ3n) is 7.12. The minimum Gasteiger partial charge on any atom is -0.471 e. The fourth-order valence-corrected chi connectivity index (χ4v) is 4.95. The summed E-state index contributed by atoms with van der Waals surface area (Å²) in [7, 11) is 0. The highest BCUT2D eigenvalue weighted by molar-refractivity contribution is 5.89. The van der Waals surface area contributed by atoms with Crippen molar-refractivity contribution in [3.05, 3.63) is 23.5 Å². The molecule has 1 aliphatic carbocycles. The number of aliphatic hydroxyl groups is 9. The third kappa shape index (κ3) is 5.27. The summed E-state index contributed by atoms with van der Waals surface area (Å²) in [6.07, 6.45) is -14.2. The van der Waals surface area contributed by atoms with Crippen LogP contribution in [0.15, 0.2) is 23.5 Å². The van der Waals surface area contributed by atoms with Gasteiger partial charge in [0.05, 0.1) is 37.6 Å².